The molecule has 0 atom stereocenters. The average Bonchev–Trinajstić information content (AvgIpc) is 3.34. The number of nitrogens with zero attached hydrogens (tertiary/aromatic N) is 1. The first-order chi connectivity index (χ1) is 17.8. The van der Waals surface area contributed by atoms with Crippen molar-refractivity contribution in [3.63, 3.8) is 0 Å². The van der Waals surface area contributed by atoms with E-state index in [0.29, 0.717) is 30.1 Å². The third-order valence-corrected chi connectivity index (χ3v) is 8.83. The summed E-state index contributed by atoms with van der Waals surface area (Å²) in [6.45, 7) is 0.183. The molecule has 1 amide bonds. The molecule has 10 heteroatoms. The van der Waals surface area contributed by atoms with Gasteiger partial charge in [-0.2, -0.15) is 0 Å². The van der Waals surface area contributed by atoms with Crippen LogP contribution in [0.2, 0.25) is 0 Å². The van der Waals surface area contributed by atoms with E-state index in [1.54, 1.807) is 18.2 Å². The molecular weight excluding hydrogens is 574 g/mol. The van der Waals surface area contributed by atoms with Crippen LogP contribution in [0, 0.1) is 0 Å². The summed E-state index contributed by atoms with van der Waals surface area (Å²) in [4.78, 5) is 12.5. The van der Waals surface area contributed by atoms with Crippen LogP contribution < -0.4 is 19.7 Å². The second-order valence-electron chi connectivity index (χ2n) is 8.37. The highest BCUT2D eigenvalue weighted by Crippen LogP contribution is 2.34. The summed E-state index contributed by atoms with van der Waals surface area (Å²) in [5.74, 6) is 0.120. The van der Waals surface area contributed by atoms with E-state index in [-0.39, 0.29) is 16.6 Å². The Hall–Kier alpha value is -3.47. The summed E-state index contributed by atoms with van der Waals surface area (Å²) in [5.41, 5.74) is 2.28. The van der Waals surface area contributed by atoms with Gasteiger partial charge in [-0.25, -0.2) is 8.42 Å². The number of fused-ring (bicyclic) bond motifs is 2. The molecule has 0 fully saturated rings. The Bertz CT molecular complexity index is 1610. The van der Waals surface area contributed by atoms with E-state index in [1.165, 1.54) is 16.4 Å². The highest BCUT2D eigenvalue weighted by atomic mass is 79.9. The van der Waals surface area contributed by atoms with Crippen molar-refractivity contribution in [1.29, 1.82) is 0 Å². The lowest BCUT2D eigenvalue weighted by Crippen LogP contribution is -2.37. The number of sulfonamides is 1. The summed E-state index contributed by atoms with van der Waals surface area (Å²) in [5, 5.41) is 7.59. The minimum absolute atomic E-state index is 0.0789. The SMILES string of the molecule is O=C(COc1ccc2ccccc2c1Br)NC(=S)Nc1ccc(S(=O)(=O)N2CCc3ccccc32)cc1. The van der Waals surface area contributed by atoms with Crippen LogP contribution in [-0.2, 0) is 21.2 Å². The number of ether oxygens (including phenoxy) is 1. The van der Waals surface area contributed by atoms with Gasteiger partial charge >= 0.3 is 0 Å². The molecule has 188 valence electrons. The average molecular weight is 597 g/mol. The Morgan fingerprint density at radius 2 is 1.70 bits per heavy atom. The van der Waals surface area contributed by atoms with Gasteiger partial charge in [-0.3, -0.25) is 14.4 Å². The predicted molar refractivity (Wildman–Crippen MR) is 153 cm³/mol. The summed E-state index contributed by atoms with van der Waals surface area (Å²) in [7, 11) is -3.68. The number of amides is 1. The van der Waals surface area contributed by atoms with E-state index in [1.807, 2.05) is 54.6 Å². The van der Waals surface area contributed by atoms with Crippen molar-refractivity contribution in [3.05, 3.63) is 95.0 Å². The second-order valence-corrected chi connectivity index (χ2v) is 11.4. The maximum Gasteiger partial charge on any atom is 0.264 e. The number of rotatable bonds is 6. The number of hydrogen-bond acceptors (Lipinski definition) is 5. The molecule has 1 heterocycles. The van der Waals surface area contributed by atoms with E-state index < -0.39 is 15.9 Å². The molecule has 0 saturated heterocycles. The first kappa shape index (κ1) is 25.2. The Morgan fingerprint density at radius 1 is 0.973 bits per heavy atom. The summed E-state index contributed by atoms with van der Waals surface area (Å²) < 4.78 is 34.2. The van der Waals surface area contributed by atoms with Crippen LogP contribution in [0.1, 0.15) is 5.56 Å². The lowest BCUT2D eigenvalue weighted by molar-refractivity contribution is -0.121. The smallest absolute Gasteiger partial charge is 0.264 e. The Morgan fingerprint density at radius 3 is 2.51 bits per heavy atom. The molecule has 0 spiro atoms. The molecule has 4 aromatic carbocycles. The molecule has 7 nitrogen and oxygen atoms in total. The molecular formula is C27H22BrN3O4S2. The fourth-order valence-corrected chi connectivity index (χ4v) is 6.53. The standard InChI is InChI=1S/C27H22BrN3O4S2/c28-26-22-7-3-1-5-18(22)9-14-24(26)35-17-25(32)30-27(36)29-20-10-12-21(13-11-20)37(33,34)31-16-15-19-6-2-4-8-23(19)31/h1-14H,15-17H2,(H2,29,30,32,36). The number of anilines is 2. The molecule has 0 radical (unpaired) electrons. The van der Waals surface area contributed by atoms with Crippen LogP contribution in [0.4, 0.5) is 11.4 Å². The lowest BCUT2D eigenvalue weighted by atomic mass is 10.1. The zero-order valence-electron chi connectivity index (χ0n) is 19.5. The number of para-hydroxylation sites is 1. The molecule has 4 aromatic rings. The van der Waals surface area contributed by atoms with Gasteiger partial charge in [0.2, 0.25) is 0 Å². The number of carbonyl (C=O) groups is 1. The third kappa shape index (κ3) is 5.31. The first-order valence-electron chi connectivity index (χ1n) is 11.4. The number of benzene rings is 4. The van der Waals surface area contributed by atoms with Gasteiger partial charge in [-0.1, -0.05) is 48.5 Å². The van der Waals surface area contributed by atoms with Gasteiger partial charge in [-0.05, 0) is 87.3 Å². The van der Waals surface area contributed by atoms with Crippen molar-refractivity contribution in [1.82, 2.24) is 5.32 Å². The highest BCUT2D eigenvalue weighted by Gasteiger charge is 2.30. The van der Waals surface area contributed by atoms with Crippen molar-refractivity contribution >= 4 is 71.3 Å². The number of thiocarbonyl (C=S) groups is 1. The maximum atomic E-state index is 13.2. The van der Waals surface area contributed by atoms with E-state index >= 15 is 0 Å². The van der Waals surface area contributed by atoms with Crippen molar-refractivity contribution < 1.29 is 17.9 Å². The lowest BCUT2D eigenvalue weighted by Gasteiger charge is -2.19. The van der Waals surface area contributed by atoms with Crippen molar-refractivity contribution in [2.45, 2.75) is 11.3 Å². The Balaban J connectivity index is 1.17. The van der Waals surface area contributed by atoms with E-state index in [9.17, 15) is 13.2 Å². The molecule has 2 N–H and O–H groups in total. The van der Waals surface area contributed by atoms with Gasteiger partial charge in [0.1, 0.15) is 5.75 Å². The third-order valence-electron chi connectivity index (χ3n) is 5.98. The van der Waals surface area contributed by atoms with E-state index in [0.717, 1.165) is 20.8 Å². The number of halogens is 1. The van der Waals surface area contributed by atoms with Crippen LogP contribution >= 0.6 is 28.1 Å². The molecule has 0 bridgehead atoms. The second kappa shape index (κ2) is 10.5. The van der Waals surface area contributed by atoms with Crippen LogP contribution in [0.3, 0.4) is 0 Å². The summed E-state index contributed by atoms with van der Waals surface area (Å²) in [6, 6.07) is 25.3. The number of hydrogen-bond donors (Lipinski definition) is 2. The molecule has 1 aliphatic heterocycles. The van der Waals surface area contributed by atoms with Crippen LogP contribution in [0.15, 0.2) is 94.3 Å². The summed E-state index contributed by atoms with van der Waals surface area (Å²) >= 11 is 8.77. The van der Waals surface area contributed by atoms with E-state index in [4.69, 9.17) is 17.0 Å². The fraction of sp³-hybridized carbons (Fsp3) is 0.111. The van der Waals surface area contributed by atoms with Gasteiger partial charge in [0.15, 0.2) is 11.7 Å². The monoisotopic (exact) mass is 595 g/mol. The molecule has 0 unspecified atom stereocenters. The van der Waals surface area contributed by atoms with Crippen LogP contribution in [0.25, 0.3) is 10.8 Å². The topological polar surface area (TPSA) is 87.7 Å². The van der Waals surface area contributed by atoms with Gasteiger partial charge in [0.25, 0.3) is 15.9 Å². The van der Waals surface area contributed by atoms with Gasteiger partial charge in [0.05, 0.1) is 15.1 Å². The number of carbonyl (C=O) groups excluding carboxylic acids is 1. The number of nitrogens with one attached hydrogen (secondary N) is 2. The molecule has 0 saturated carbocycles. The molecule has 0 aromatic heterocycles. The van der Waals surface area contributed by atoms with Crippen molar-refractivity contribution in [2.24, 2.45) is 0 Å². The molecule has 37 heavy (non-hydrogen) atoms. The maximum absolute atomic E-state index is 13.2. The van der Waals surface area contributed by atoms with Crippen LogP contribution in [-0.4, -0.2) is 32.6 Å². The Kier molecular flexibility index (Phi) is 7.14. The fourth-order valence-electron chi connectivity index (χ4n) is 4.19. The first-order valence-corrected chi connectivity index (χ1v) is 14.1. The molecule has 0 aliphatic carbocycles. The summed E-state index contributed by atoms with van der Waals surface area (Å²) in [6.07, 6.45) is 0.685. The molecule has 5 rings (SSSR count). The zero-order chi connectivity index (χ0) is 26.0. The zero-order valence-corrected chi connectivity index (χ0v) is 22.7. The minimum Gasteiger partial charge on any atom is -0.483 e. The van der Waals surface area contributed by atoms with Gasteiger partial charge < -0.3 is 10.1 Å². The van der Waals surface area contributed by atoms with Crippen molar-refractivity contribution in [3.8, 4) is 5.75 Å². The minimum atomic E-state index is -3.68. The van der Waals surface area contributed by atoms with Crippen LogP contribution in [0.5, 0.6) is 5.75 Å². The largest absolute Gasteiger partial charge is 0.483 e. The predicted octanol–water partition coefficient (Wildman–Crippen LogP) is 5.25. The highest BCUT2D eigenvalue weighted by molar-refractivity contribution is 9.10. The Labute approximate surface area is 228 Å². The van der Waals surface area contributed by atoms with Gasteiger partial charge in [0, 0.05) is 12.2 Å². The quantitative estimate of drug-likeness (QED) is 0.296. The normalized spacial score (nSPS) is 12.7. The van der Waals surface area contributed by atoms with E-state index in [2.05, 4.69) is 26.6 Å². The molecule has 1 aliphatic rings. The van der Waals surface area contributed by atoms with Crippen molar-refractivity contribution in [2.75, 3.05) is 22.8 Å². The van der Waals surface area contributed by atoms with Gasteiger partial charge in [-0.15, -0.1) is 0 Å².